The van der Waals surface area contributed by atoms with Crippen LogP contribution >= 0.6 is 0 Å². The SMILES string of the molecule is Cc1[nH]c2ccc(F)cc2c1CC(=O)NC(c1nc(-c2cccnc2)no1)C(C)C. The Labute approximate surface area is 172 Å². The molecule has 0 spiro atoms. The van der Waals surface area contributed by atoms with Gasteiger partial charge in [0, 0.05) is 34.6 Å². The van der Waals surface area contributed by atoms with Crippen molar-refractivity contribution in [2.45, 2.75) is 33.2 Å². The molecule has 1 unspecified atom stereocenters. The maximum atomic E-state index is 13.7. The Morgan fingerprint density at radius 1 is 1.30 bits per heavy atom. The third kappa shape index (κ3) is 3.94. The lowest BCUT2D eigenvalue weighted by Crippen LogP contribution is -2.33. The molecule has 0 saturated heterocycles. The average Bonchev–Trinajstić information content (AvgIpc) is 3.32. The summed E-state index contributed by atoms with van der Waals surface area (Å²) in [4.78, 5) is 24.5. The Morgan fingerprint density at radius 3 is 2.87 bits per heavy atom. The summed E-state index contributed by atoms with van der Waals surface area (Å²) >= 11 is 0. The van der Waals surface area contributed by atoms with Gasteiger partial charge in [0.15, 0.2) is 0 Å². The molecule has 0 aliphatic carbocycles. The highest BCUT2D eigenvalue weighted by Crippen LogP contribution is 2.26. The number of hydrogen-bond acceptors (Lipinski definition) is 5. The molecule has 3 aromatic heterocycles. The average molecular weight is 407 g/mol. The van der Waals surface area contributed by atoms with E-state index in [2.05, 4.69) is 25.4 Å². The van der Waals surface area contributed by atoms with Gasteiger partial charge in [-0.3, -0.25) is 9.78 Å². The van der Waals surface area contributed by atoms with Crippen molar-refractivity contribution in [3.8, 4) is 11.4 Å². The number of aromatic nitrogens is 4. The van der Waals surface area contributed by atoms with Crippen molar-refractivity contribution in [2.24, 2.45) is 5.92 Å². The van der Waals surface area contributed by atoms with Gasteiger partial charge in [-0.2, -0.15) is 4.98 Å². The molecule has 0 radical (unpaired) electrons. The zero-order chi connectivity index (χ0) is 21.3. The van der Waals surface area contributed by atoms with E-state index in [9.17, 15) is 9.18 Å². The first-order chi connectivity index (χ1) is 14.4. The number of hydrogen-bond donors (Lipinski definition) is 2. The highest BCUT2D eigenvalue weighted by atomic mass is 19.1. The first-order valence-electron chi connectivity index (χ1n) is 9.72. The van der Waals surface area contributed by atoms with E-state index in [0.717, 1.165) is 22.3 Å². The minimum Gasteiger partial charge on any atom is -0.358 e. The van der Waals surface area contributed by atoms with Crippen LogP contribution in [-0.4, -0.2) is 26.0 Å². The Kier molecular flexibility index (Phi) is 5.31. The van der Waals surface area contributed by atoms with Gasteiger partial charge in [0.05, 0.1) is 6.42 Å². The van der Waals surface area contributed by atoms with Crippen molar-refractivity contribution in [3.05, 3.63) is 65.7 Å². The topological polar surface area (TPSA) is 96.7 Å². The largest absolute Gasteiger partial charge is 0.358 e. The van der Waals surface area contributed by atoms with Crippen LogP contribution in [0.4, 0.5) is 4.39 Å². The van der Waals surface area contributed by atoms with E-state index >= 15 is 0 Å². The van der Waals surface area contributed by atoms with Gasteiger partial charge < -0.3 is 14.8 Å². The molecular weight excluding hydrogens is 385 g/mol. The molecule has 1 amide bonds. The molecule has 4 aromatic rings. The fourth-order valence-electron chi connectivity index (χ4n) is 3.45. The highest BCUT2D eigenvalue weighted by Gasteiger charge is 2.25. The predicted molar refractivity (Wildman–Crippen MR) is 110 cm³/mol. The highest BCUT2D eigenvalue weighted by molar-refractivity contribution is 5.90. The van der Waals surface area contributed by atoms with E-state index < -0.39 is 6.04 Å². The molecule has 0 aliphatic heterocycles. The number of amides is 1. The number of nitrogens with zero attached hydrogens (tertiary/aromatic N) is 3. The molecule has 0 bridgehead atoms. The number of fused-ring (bicyclic) bond motifs is 1. The third-order valence-electron chi connectivity index (χ3n) is 5.03. The normalized spacial score (nSPS) is 12.4. The number of H-pyrrole nitrogens is 1. The summed E-state index contributed by atoms with van der Waals surface area (Å²) in [6, 6.07) is 7.70. The Bertz CT molecular complexity index is 1180. The molecule has 1 atom stereocenters. The van der Waals surface area contributed by atoms with Crippen LogP contribution < -0.4 is 5.32 Å². The van der Waals surface area contributed by atoms with Crippen molar-refractivity contribution in [3.63, 3.8) is 0 Å². The van der Waals surface area contributed by atoms with Gasteiger partial charge in [-0.1, -0.05) is 19.0 Å². The molecule has 4 rings (SSSR count). The molecule has 8 heteroatoms. The first-order valence-corrected chi connectivity index (χ1v) is 9.72. The molecule has 0 aliphatic rings. The quantitative estimate of drug-likeness (QED) is 0.501. The van der Waals surface area contributed by atoms with Crippen molar-refractivity contribution in [1.29, 1.82) is 0 Å². The van der Waals surface area contributed by atoms with E-state index in [-0.39, 0.29) is 24.1 Å². The number of halogens is 1. The summed E-state index contributed by atoms with van der Waals surface area (Å²) in [6.45, 7) is 5.80. The molecule has 30 heavy (non-hydrogen) atoms. The van der Waals surface area contributed by atoms with Crippen LogP contribution in [0.3, 0.4) is 0 Å². The Morgan fingerprint density at radius 2 is 2.13 bits per heavy atom. The molecular formula is C22H22FN5O2. The lowest BCUT2D eigenvalue weighted by Gasteiger charge is -2.18. The number of nitrogens with one attached hydrogen (secondary N) is 2. The number of pyridine rings is 1. The van der Waals surface area contributed by atoms with E-state index in [1.807, 2.05) is 26.8 Å². The fraction of sp³-hybridized carbons (Fsp3) is 0.273. The molecule has 1 aromatic carbocycles. The minimum absolute atomic E-state index is 0.0256. The zero-order valence-electron chi connectivity index (χ0n) is 16.9. The molecule has 7 nitrogen and oxygen atoms in total. The van der Waals surface area contributed by atoms with E-state index in [4.69, 9.17) is 4.52 Å². The Hall–Kier alpha value is -3.55. The van der Waals surface area contributed by atoms with Gasteiger partial charge in [-0.15, -0.1) is 0 Å². The van der Waals surface area contributed by atoms with Crippen molar-refractivity contribution in [1.82, 2.24) is 25.4 Å². The summed E-state index contributed by atoms with van der Waals surface area (Å²) in [5.41, 5.74) is 3.14. The van der Waals surface area contributed by atoms with E-state index in [1.54, 1.807) is 24.5 Å². The van der Waals surface area contributed by atoms with Gasteiger partial charge in [-0.25, -0.2) is 4.39 Å². The van der Waals surface area contributed by atoms with Crippen LogP contribution in [0.2, 0.25) is 0 Å². The van der Waals surface area contributed by atoms with Gasteiger partial charge in [-0.05, 0) is 48.7 Å². The second-order valence-corrected chi connectivity index (χ2v) is 7.58. The number of aromatic amines is 1. The molecule has 0 saturated carbocycles. The van der Waals surface area contributed by atoms with Gasteiger partial charge in [0.2, 0.25) is 17.6 Å². The number of carbonyl (C=O) groups excluding carboxylic acids is 1. The summed E-state index contributed by atoms with van der Waals surface area (Å²) in [5.74, 6) is 0.234. The van der Waals surface area contributed by atoms with Crippen LogP contribution in [0, 0.1) is 18.7 Å². The van der Waals surface area contributed by atoms with Crippen molar-refractivity contribution in [2.75, 3.05) is 0 Å². The van der Waals surface area contributed by atoms with Gasteiger partial charge in [0.1, 0.15) is 11.9 Å². The van der Waals surface area contributed by atoms with Crippen molar-refractivity contribution >= 4 is 16.8 Å². The van der Waals surface area contributed by atoms with E-state index in [1.165, 1.54) is 12.1 Å². The monoisotopic (exact) mass is 407 g/mol. The van der Waals surface area contributed by atoms with Crippen LogP contribution in [0.5, 0.6) is 0 Å². The number of carbonyl (C=O) groups is 1. The molecule has 154 valence electrons. The summed E-state index contributed by atoms with van der Waals surface area (Å²) in [5, 5.41) is 7.71. The van der Waals surface area contributed by atoms with Crippen LogP contribution in [0.1, 0.15) is 37.0 Å². The Balaban J connectivity index is 1.55. The first kappa shape index (κ1) is 19.8. The minimum atomic E-state index is -0.447. The number of aryl methyl sites for hydroxylation is 1. The summed E-state index contributed by atoms with van der Waals surface area (Å²) in [7, 11) is 0. The maximum absolute atomic E-state index is 13.7. The summed E-state index contributed by atoms with van der Waals surface area (Å²) in [6.07, 6.45) is 3.43. The molecule has 3 heterocycles. The molecule has 0 fully saturated rings. The van der Waals surface area contributed by atoms with Crippen LogP contribution in [0.15, 0.2) is 47.2 Å². The summed E-state index contributed by atoms with van der Waals surface area (Å²) < 4.78 is 19.1. The lowest BCUT2D eigenvalue weighted by atomic mass is 10.0. The van der Waals surface area contributed by atoms with Gasteiger partial charge >= 0.3 is 0 Å². The maximum Gasteiger partial charge on any atom is 0.249 e. The van der Waals surface area contributed by atoms with Crippen LogP contribution in [0.25, 0.3) is 22.3 Å². The second kappa shape index (κ2) is 8.06. The lowest BCUT2D eigenvalue weighted by molar-refractivity contribution is -0.121. The third-order valence-corrected chi connectivity index (χ3v) is 5.03. The second-order valence-electron chi connectivity index (χ2n) is 7.58. The fourth-order valence-corrected chi connectivity index (χ4v) is 3.45. The van der Waals surface area contributed by atoms with Crippen molar-refractivity contribution < 1.29 is 13.7 Å². The van der Waals surface area contributed by atoms with E-state index in [0.29, 0.717) is 17.1 Å². The smallest absolute Gasteiger partial charge is 0.249 e. The number of benzene rings is 1. The van der Waals surface area contributed by atoms with Gasteiger partial charge in [0.25, 0.3) is 0 Å². The van der Waals surface area contributed by atoms with Crippen LogP contribution in [-0.2, 0) is 11.2 Å². The number of rotatable bonds is 6. The standard InChI is InChI=1S/C22H22FN5O2/c1-12(2)20(22-27-21(28-30-22)14-5-4-8-24-11-14)26-19(29)10-16-13(3)25-18-7-6-15(23)9-17(16)18/h4-9,11-12,20,25H,10H2,1-3H3,(H,26,29). The predicted octanol–water partition coefficient (Wildman–Crippen LogP) is 4.12. The molecule has 2 N–H and O–H groups in total. The zero-order valence-corrected chi connectivity index (χ0v) is 16.9.